The first-order chi connectivity index (χ1) is 10.7. The summed E-state index contributed by atoms with van der Waals surface area (Å²) >= 11 is 1.30. The highest BCUT2D eigenvalue weighted by atomic mass is 32.1. The summed E-state index contributed by atoms with van der Waals surface area (Å²) < 4.78 is 5.22. The number of nitrogens with zero attached hydrogens (tertiary/aromatic N) is 2. The van der Waals surface area contributed by atoms with E-state index >= 15 is 0 Å². The maximum atomic E-state index is 12.3. The maximum absolute atomic E-state index is 12.3. The second kappa shape index (κ2) is 6.11. The van der Waals surface area contributed by atoms with E-state index < -0.39 is 0 Å². The van der Waals surface area contributed by atoms with Crippen LogP contribution >= 0.6 is 11.3 Å². The number of nitrogens with one attached hydrogen (secondary N) is 1. The molecule has 1 amide bonds. The molecular weight excluding hydrogens is 298 g/mol. The maximum Gasteiger partial charge on any atom is 0.233 e. The number of hydrogen-bond donors (Lipinski definition) is 1. The normalized spacial score (nSPS) is 12.1. The third kappa shape index (κ3) is 2.92. The van der Waals surface area contributed by atoms with Gasteiger partial charge in [-0.1, -0.05) is 35.6 Å². The number of anilines is 1. The zero-order valence-electron chi connectivity index (χ0n) is 12.2. The molecule has 1 heterocycles. The van der Waals surface area contributed by atoms with Crippen molar-refractivity contribution in [1.29, 1.82) is 0 Å². The molecule has 112 valence electrons. The molecule has 22 heavy (non-hydrogen) atoms. The number of benzene rings is 2. The molecule has 2 aromatic carbocycles. The van der Waals surface area contributed by atoms with Crippen LogP contribution in [0.1, 0.15) is 18.4 Å². The molecule has 0 aliphatic rings. The first-order valence-electron chi connectivity index (χ1n) is 6.82. The van der Waals surface area contributed by atoms with E-state index in [2.05, 4.69) is 15.5 Å². The lowest BCUT2D eigenvalue weighted by molar-refractivity contribution is -0.117. The van der Waals surface area contributed by atoms with Crippen LogP contribution in [0.4, 0.5) is 5.13 Å². The van der Waals surface area contributed by atoms with Gasteiger partial charge in [-0.2, -0.15) is 0 Å². The first kappa shape index (κ1) is 14.5. The van der Waals surface area contributed by atoms with Crippen LogP contribution in [0.25, 0.3) is 10.8 Å². The van der Waals surface area contributed by atoms with Crippen LogP contribution < -0.4 is 10.1 Å². The van der Waals surface area contributed by atoms with Crippen molar-refractivity contribution in [3.05, 3.63) is 47.5 Å². The lowest BCUT2D eigenvalue weighted by atomic mass is 9.97. The Labute approximate surface area is 132 Å². The molecule has 0 aliphatic heterocycles. The molecule has 0 spiro atoms. The highest BCUT2D eigenvalue weighted by molar-refractivity contribution is 7.13. The number of carbonyl (C=O) groups is 1. The van der Waals surface area contributed by atoms with Crippen molar-refractivity contribution in [2.75, 3.05) is 12.4 Å². The standard InChI is InChI=1S/C16H15N3O2S/c1-10(15(20)18-16-19-17-9-22-16)11-3-4-13-8-14(21-2)6-5-12(13)7-11/h3-10H,1-2H3,(H,18,19,20)/t10-/m0/s1. The second-order valence-corrected chi connectivity index (χ2v) is 5.76. The van der Waals surface area contributed by atoms with E-state index in [4.69, 9.17) is 4.74 Å². The van der Waals surface area contributed by atoms with Gasteiger partial charge in [-0.25, -0.2) is 0 Å². The Hall–Kier alpha value is -2.47. The summed E-state index contributed by atoms with van der Waals surface area (Å²) in [5.74, 6) is 0.460. The number of ether oxygens (including phenoxy) is 1. The molecule has 0 radical (unpaired) electrons. The Balaban J connectivity index is 1.84. The molecule has 0 saturated heterocycles. The summed E-state index contributed by atoms with van der Waals surface area (Å²) in [6.07, 6.45) is 0. The zero-order chi connectivity index (χ0) is 15.5. The Bertz CT molecular complexity index is 802. The van der Waals surface area contributed by atoms with Gasteiger partial charge in [0.2, 0.25) is 11.0 Å². The van der Waals surface area contributed by atoms with Crippen LogP contribution in [0, 0.1) is 0 Å². The minimum absolute atomic E-state index is 0.0930. The fourth-order valence-electron chi connectivity index (χ4n) is 2.23. The first-order valence-corrected chi connectivity index (χ1v) is 7.70. The summed E-state index contributed by atoms with van der Waals surface area (Å²) in [5.41, 5.74) is 2.55. The molecule has 0 fully saturated rings. The van der Waals surface area contributed by atoms with Gasteiger partial charge < -0.3 is 10.1 Å². The lowest BCUT2D eigenvalue weighted by Crippen LogP contribution is -2.18. The number of hydrogen-bond acceptors (Lipinski definition) is 5. The highest BCUT2D eigenvalue weighted by Crippen LogP contribution is 2.26. The number of rotatable bonds is 4. The van der Waals surface area contributed by atoms with Crippen LogP contribution in [0.5, 0.6) is 5.75 Å². The molecular formula is C16H15N3O2S. The third-order valence-electron chi connectivity index (χ3n) is 3.55. The van der Waals surface area contributed by atoms with Crippen molar-refractivity contribution in [3.63, 3.8) is 0 Å². The zero-order valence-corrected chi connectivity index (χ0v) is 13.1. The van der Waals surface area contributed by atoms with E-state index in [9.17, 15) is 4.79 Å². The number of methoxy groups -OCH3 is 1. The Morgan fingerprint density at radius 1 is 1.23 bits per heavy atom. The number of aromatic nitrogens is 2. The van der Waals surface area contributed by atoms with Gasteiger partial charge in [0.05, 0.1) is 13.0 Å². The van der Waals surface area contributed by atoms with E-state index in [0.29, 0.717) is 5.13 Å². The van der Waals surface area contributed by atoms with E-state index in [0.717, 1.165) is 22.1 Å². The average Bonchev–Trinajstić information content (AvgIpc) is 3.06. The van der Waals surface area contributed by atoms with Crippen molar-refractivity contribution >= 4 is 33.1 Å². The van der Waals surface area contributed by atoms with Crippen LogP contribution in [0.15, 0.2) is 41.9 Å². The van der Waals surface area contributed by atoms with Crippen LogP contribution in [-0.2, 0) is 4.79 Å². The number of fused-ring (bicyclic) bond motifs is 1. The molecule has 1 N–H and O–H groups in total. The molecule has 1 aromatic heterocycles. The minimum Gasteiger partial charge on any atom is -0.497 e. The number of carbonyl (C=O) groups excluding carboxylic acids is 1. The molecule has 0 bridgehead atoms. The van der Waals surface area contributed by atoms with Gasteiger partial charge in [0.25, 0.3) is 0 Å². The van der Waals surface area contributed by atoms with Crippen molar-refractivity contribution in [3.8, 4) is 5.75 Å². The summed E-state index contributed by atoms with van der Waals surface area (Å²) in [7, 11) is 1.65. The molecule has 6 heteroatoms. The second-order valence-electron chi connectivity index (χ2n) is 4.93. The van der Waals surface area contributed by atoms with E-state index in [1.54, 1.807) is 12.6 Å². The molecule has 1 atom stereocenters. The fourth-order valence-corrected chi connectivity index (χ4v) is 2.68. The van der Waals surface area contributed by atoms with E-state index in [1.165, 1.54) is 11.3 Å². The molecule has 3 rings (SSSR count). The van der Waals surface area contributed by atoms with Gasteiger partial charge in [-0.05, 0) is 35.4 Å². The average molecular weight is 313 g/mol. The molecule has 5 nitrogen and oxygen atoms in total. The summed E-state index contributed by atoms with van der Waals surface area (Å²) in [6, 6.07) is 11.9. The van der Waals surface area contributed by atoms with E-state index in [1.807, 2.05) is 43.3 Å². The molecule has 0 unspecified atom stereocenters. The van der Waals surface area contributed by atoms with Crippen LogP contribution in [-0.4, -0.2) is 23.2 Å². The Kier molecular flexibility index (Phi) is 4.02. The van der Waals surface area contributed by atoms with Gasteiger partial charge in [0, 0.05) is 0 Å². The third-order valence-corrected chi connectivity index (χ3v) is 4.16. The minimum atomic E-state index is -0.268. The van der Waals surface area contributed by atoms with Gasteiger partial charge in [-0.15, -0.1) is 10.2 Å². The van der Waals surface area contributed by atoms with Crippen molar-refractivity contribution in [1.82, 2.24) is 10.2 Å². The lowest BCUT2D eigenvalue weighted by Gasteiger charge is -2.12. The van der Waals surface area contributed by atoms with Gasteiger partial charge in [0.15, 0.2) is 0 Å². The van der Waals surface area contributed by atoms with Crippen molar-refractivity contribution in [2.24, 2.45) is 0 Å². The Morgan fingerprint density at radius 2 is 2.00 bits per heavy atom. The summed E-state index contributed by atoms with van der Waals surface area (Å²) in [5, 5.41) is 13.0. The van der Waals surface area contributed by atoms with Gasteiger partial charge >= 0.3 is 0 Å². The summed E-state index contributed by atoms with van der Waals surface area (Å²) in [6.45, 7) is 1.88. The molecule has 0 saturated carbocycles. The summed E-state index contributed by atoms with van der Waals surface area (Å²) in [4.78, 5) is 12.3. The van der Waals surface area contributed by atoms with Gasteiger partial charge in [-0.3, -0.25) is 4.79 Å². The molecule has 3 aromatic rings. The highest BCUT2D eigenvalue weighted by Gasteiger charge is 2.16. The largest absolute Gasteiger partial charge is 0.497 e. The quantitative estimate of drug-likeness (QED) is 0.801. The van der Waals surface area contributed by atoms with Crippen molar-refractivity contribution < 1.29 is 9.53 Å². The van der Waals surface area contributed by atoms with Crippen molar-refractivity contribution in [2.45, 2.75) is 12.8 Å². The van der Waals surface area contributed by atoms with E-state index in [-0.39, 0.29) is 11.8 Å². The predicted octanol–water partition coefficient (Wildman–Crippen LogP) is 3.44. The SMILES string of the molecule is COc1ccc2cc([C@H](C)C(=O)Nc3nncs3)ccc2c1. The fraction of sp³-hybridized carbons (Fsp3) is 0.188. The molecule has 0 aliphatic carbocycles. The van der Waals surface area contributed by atoms with Crippen LogP contribution in [0.3, 0.4) is 0 Å². The predicted molar refractivity (Wildman–Crippen MR) is 87.5 cm³/mol. The Morgan fingerprint density at radius 3 is 2.73 bits per heavy atom. The van der Waals surface area contributed by atoms with Crippen LogP contribution in [0.2, 0.25) is 0 Å². The monoisotopic (exact) mass is 313 g/mol. The van der Waals surface area contributed by atoms with Gasteiger partial charge in [0.1, 0.15) is 11.3 Å². The topological polar surface area (TPSA) is 64.1 Å². The smallest absolute Gasteiger partial charge is 0.233 e. The number of amides is 1.